The van der Waals surface area contributed by atoms with Gasteiger partial charge < -0.3 is 16.0 Å². The van der Waals surface area contributed by atoms with Crippen molar-refractivity contribution in [1.82, 2.24) is 20.5 Å². The Morgan fingerprint density at radius 2 is 2.43 bits per heavy atom. The number of hydrogen-bond acceptors (Lipinski definition) is 5. The van der Waals surface area contributed by atoms with Crippen molar-refractivity contribution in [3.05, 3.63) is 0 Å². The normalized spacial score (nSPS) is 22.2. The summed E-state index contributed by atoms with van der Waals surface area (Å²) in [5.74, 6) is 0.725. The molecule has 0 saturated carbocycles. The van der Waals surface area contributed by atoms with Crippen molar-refractivity contribution >= 4 is 17.8 Å². The summed E-state index contributed by atoms with van der Waals surface area (Å²) in [6.45, 7) is 3.11. The van der Waals surface area contributed by atoms with Gasteiger partial charge in [0.05, 0.1) is 0 Å². The topological polar surface area (TPSA) is 99.9 Å². The fourth-order valence-corrected chi connectivity index (χ4v) is 1.45. The fraction of sp³-hybridized carbons (Fsp3) is 0.571. The summed E-state index contributed by atoms with van der Waals surface area (Å²) < 4.78 is 0. The van der Waals surface area contributed by atoms with Crippen LogP contribution >= 0.6 is 0 Å². The number of nitrogen functional groups attached to an aromatic ring is 1. The van der Waals surface area contributed by atoms with E-state index in [0.717, 1.165) is 0 Å². The smallest absolute Gasteiger partial charge is 0.247 e. The molecule has 1 atom stereocenters. The number of hydrogen-bond donors (Lipinski definition) is 3. The summed E-state index contributed by atoms with van der Waals surface area (Å²) in [4.78, 5) is 17.1. The number of rotatable bonds is 1. The van der Waals surface area contributed by atoms with Gasteiger partial charge in [-0.05, 0) is 6.92 Å². The van der Waals surface area contributed by atoms with Crippen LogP contribution in [0.25, 0.3) is 0 Å². The second kappa shape index (κ2) is 3.17. The average molecular weight is 196 g/mol. The van der Waals surface area contributed by atoms with Crippen molar-refractivity contribution in [2.24, 2.45) is 0 Å². The van der Waals surface area contributed by atoms with Gasteiger partial charge in [-0.1, -0.05) is 0 Å². The number of nitrogens with zero attached hydrogens (tertiary/aromatic N) is 3. The van der Waals surface area contributed by atoms with Crippen molar-refractivity contribution in [2.45, 2.75) is 13.0 Å². The number of aromatic nitrogens is 3. The van der Waals surface area contributed by atoms with Crippen LogP contribution < -0.4 is 16.0 Å². The highest BCUT2D eigenvalue weighted by molar-refractivity contribution is 5.85. The third-order valence-corrected chi connectivity index (χ3v) is 2.25. The van der Waals surface area contributed by atoms with E-state index in [1.54, 1.807) is 6.92 Å². The van der Waals surface area contributed by atoms with Gasteiger partial charge in [-0.3, -0.25) is 4.79 Å². The Kier molecular flexibility index (Phi) is 1.99. The molecular formula is C7H12N6O. The Hall–Kier alpha value is -1.79. The molecule has 7 heteroatoms. The van der Waals surface area contributed by atoms with Crippen LogP contribution in [0.5, 0.6) is 0 Å². The molecule has 2 heterocycles. The van der Waals surface area contributed by atoms with Crippen LogP contribution in [-0.4, -0.2) is 40.2 Å². The van der Waals surface area contributed by atoms with E-state index in [-0.39, 0.29) is 17.9 Å². The third-order valence-electron chi connectivity index (χ3n) is 2.25. The molecule has 0 aromatic carbocycles. The first-order valence-electron chi connectivity index (χ1n) is 4.40. The van der Waals surface area contributed by atoms with Gasteiger partial charge in [-0.2, -0.15) is 4.98 Å². The lowest BCUT2D eigenvalue weighted by molar-refractivity contribution is -0.122. The van der Waals surface area contributed by atoms with Crippen molar-refractivity contribution in [1.29, 1.82) is 0 Å². The maximum absolute atomic E-state index is 11.3. The maximum Gasteiger partial charge on any atom is 0.247 e. The highest BCUT2D eigenvalue weighted by atomic mass is 16.2. The summed E-state index contributed by atoms with van der Waals surface area (Å²) in [7, 11) is 0. The van der Waals surface area contributed by atoms with Crippen LogP contribution in [0.15, 0.2) is 0 Å². The van der Waals surface area contributed by atoms with Gasteiger partial charge >= 0.3 is 0 Å². The molecule has 0 spiro atoms. The Bertz CT molecular complexity index is 348. The number of nitrogens with one attached hydrogen (secondary N) is 2. The first-order valence-corrected chi connectivity index (χ1v) is 4.40. The first-order chi connectivity index (χ1) is 6.68. The van der Waals surface area contributed by atoms with E-state index in [4.69, 9.17) is 5.73 Å². The fourth-order valence-electron chi connectivity index (χ4n) is 1.45. The van der Waals surface area contributed by atoms with Crippen molar-refractivity contribution < 1.29 is 4.79 Å². The number of anilines is 2. The summed E-state index contributed by atoms with van der Waals surface area (Å²) in [5.41, 5.74) is 5.41. The molecule has 2 rings (SSSR count). The minimum atomic E-state index is -0.251. The van der Waals surface area contributed by atoms with E-state index in [9.17, 15) is 4.79 Å². The number of carbonyl (C=O) groups excluding carboxylic acids is 1. The van der Waals surface area contributed by atoms with Crippen molar-refractivity contribution in [2.75, 3.05) is 23.7 Å². The number of piperazine rings is 1. The van der Waals surface area contributed by atoms with Gasteiger partial charge in [0.2, 0.25) is 17.8 Å². The number of aromatic amines is 1. The molecular weight excluding hydrogens is 184 g/mol. The van der Waals surface area contributed by atoms with Crippen LogP contribution in [-0.2, 0) is 4.79 Å². The van der Waals surface area contributed by atoms with Crippen LogP contribution in [0.2, 0.25) is 0 Å². The molecule has 1 aromatic rings. The van der Waals surface area contributed by atoms with Gasteiger partial charge in [-0.25, -0.2) is 5.10 Å². The molecule has 4 N–H and O–H groups in total. The second-order valence-electron chi connectivity index (χ2n) is 3.18. The van der Waals surface area contributed by atoms with Crippen LogP contribution in [0.3, 0.4) is 0 Å². The summed E-state index contributed by atoms with van der Waals surface area (Å²) in [5, 5.41) is 9.21. The number of H-pyrrole nitrogens is 1. The minimum absolute atomic E-state index is 0.0142. The predicted molar refractivity (Wildman–Crippen MR) is 50.6 cm³/mol. The zero-order valence-electron chi connectivity index (χ0n) is 7.82. The number of amides is 1. The van der Waals surface area contributed by atoms with Gasteiger partial charge in [0.1, 0.15) is 6.04 Å². The third kappa shape index (κ3) is 1.36. The molecule has 0 aliphatic carbocycles. The molecule has 1 aromatic heterocycles. The van der Waals surface area contributed by atoms with Gasteiger partial charge in [0.15, 0.2) is 0 Å². The van der Waals surface area contributed by atoms with E-state index in [0.29, 0.717) is 19.0 Å². The standard InChI is InChI=1S/C7H12N6O/c1-4-5(14)9-2-3-13(4)7-10-6(8)11-12-7/h4H,2-3H2,1H3,(H,9,14)(H3,8,10,11,12). The van der Waals surface area contributed by atoms with Gasteiger partial charge in [0, 0.05) is 13.1 Å². The highest BCUT2D eigenvalue weighted by Crippen LogP contribution is 2.13. The number of nitrogens with two attached hydrogens (primary N) is 1. The van der Waals surface area contributed by atoms with Crippen molar-refractivity contribution in [3.8, 4) is 0 Å². The SMILES string of the molecule is CC1C(=O)NCCN1c1n[nH]c(N)n1. The molecule has 7 nitrogen and oxygen atoms in total. The lowest BCUT2D eigenvalue weighted by atomic mass is 10.2. The zero-order chi connectivity index (χ0) is 10.1. The molecule has 76 valence electrons. The molecule has 1 aliphatic rings. The maximum atomic E-state index is 11.3. The minimum Gasteiger partial charge on any atom is -0.368 e. The molecule has 1 aliphatic heterocycles. The van der Waals surface area contributed by atoms with E-state index < -0.39 is 0 Å². The van der Waals surface area contributed by atoms with E-state index in [1.165, 1.54) is 0 Å². The Labute approximate surface area is 80.7 Å². The molecule has 1 amide bonds. The van der Waals surface area contributed by atoms with E-state index >= 15 is 0 Å². The van der Waals surface area contributed by atoms with Gasteiger partial charge in [-0.15, -0.1) is 5.10 Å². The molecule has 1 saturated heterocycles. The lowest BCUT2D eigenvalue weighted by Gasteiger charge is -2.31. The molecule has 1 unspecified atom stereocenters. The van der Waals surface area contributed by atoms with Gasteiger partial charge in [0.25, 0.3) is 0 Å². The van der Waals surface area contributed by atoms with E-state index in [2.05, 4.69) is 20.5 Å². The summed E-state index contributed by atoms with van der Waals surface area (Å²) >= 11 is 0. The highest BCUT2D eigenvalue weighted by Gasteiger charge is 2.27. The Morgan fingerprint density at radius 1 is 1.64 bits per heavy atom. The lowest BCUT2D eigenvalue weighted by Crippen LogP contribution is -2.54. The monoisotopic (exact) mass is 196 g/mol. The van der Waals surface area contributed by atoms with Crippen LogP contribution in [0.1, 0.15) is 6.92 Å². The Morgan fingerprint density at radius 3 is 3.07 bits per heavy atom. The van der Waals surface area contributed by atoms with Crippen molar-refractivity contribution in [3.63, 3.8) is 0 Å². The Balaban J connectivity index is 2.21. The molecule has 0 radical (unpaired) electrons. The quantitative estimate of drug-likeness (QED) is 0.519. The molecule has 1 fully saturated rings. The largest absolute Gasteiger partial charge is 0.368 e. The van der Waals surface area contributed by atoms with Crippen LogP contribution in [0, 0.1) is 0 Å². The zero-order valence-corrected chi connectivity index (χ0v) is 7.82. The summed E-state index contributed by atoms with van der Waals surface area (Å²) in [6, 6.07) is -0.251. The van der Waals surface area contributed by atoms with E-state index in [1.807, 2.05) is 4.90 Å². The predicted octanol–water partition coefficient (Wildman–Crippen LogP) is -1.29. The van der Waals surface area contributed by atoms with Crippen LogP contribution in [0.4, 0.5) is 11.9 Å². The first kappa shape index (κ1) is 8.79. The molecule has 0 bridgehead atoms. The summed E-state index contributed by atoms with van der Waals surface area (Å²) in [6.07, 6.45) is 0. The number of carbonyl (C=O) groups is 1. The molecule has 14 heavy (non-hydrogen) atoms. The second-order valence-corrected chi connectivity index (χ2v) is 3.18. The average Bonchev–Trinajstić information content (AvgIpc) is 2.57.